The van der Waals surface area contributed by atoms with E-state index >= 15 is 0 Å². The van der Waals surface area contributed by atoms with Gasteiger partial charge in [-0.1, -0.05) is 18.2 Å². The summed E-state index contributed by atoms with van der Waals surface area (Å²) in [5.74, 6) is -0.508. The highest BCUT2D eigenvalue weighted by Gasteiger charge is 2.44. The number of carbonyl (C=O) groups is 1. The van der Waals surface area contributed by atoms with Crippen molar-refractivity contribution >= 4 is 27.2 Å². The van der Waals surface area contributed by atoms with Crippen molar-refractivity contribution in [1.82, 2.24) is 29.7 Å². The predicted molar refractivity (Wildman–Crippen MR) is 160 cm³/mol. The van der Waals surface area contributed by atoms with Gasteiger partial charge in [0, 0.05) is 50.3 Å². The van der Waals surface area contributed by atoms with Gasteiger partial charge in [-0.15, -0.1) is 0 Å². The van der Waals surface area contributed by atoms with E-state index in [0.29, 0.717) is 62.3 Å². The SMILES string of the molecule is COCCNC(=O)[C@]1(OCCOC)CC[C@H](c2nc3c(-c4cnn(-c5ccccc5)c4)cnn3c(N)c2S(C)(=O)=O)CC1. The number of amides is 1. The lowest BCUT2D eigenvalue weighted by atomic mass is 9.76. The molecule has 0 radical (unpaired) electrons. The van der Waals surface area contributed by atoms with Crippen molar-refractivity contribution in [3.63, 3.8) is 0 Å². The van der Waals surface area contributed by atoms with Gasteiger partial charge in [0.1, 0.15) is 16.3 Å². The molecule has 0 spiro atoms. The Morgan fingerprint density at radius 3 is 2.47 bits per heavy atom. The van der Waals surface area contributed by atoms with Crippen molar-refractivity contribution in [3.05, 3.63) is 54.6 Å². The Balaban J connectivity index is 1.50. The quantitative estimate of drug-likeness (QED) is 0.227. The van der Waals surface area contributed by atoms with Gasteiger partial charge in [-0.05, 0) is 37.8 Å². The van der Waals surface area contributed by atoms with Gasteiger partial charge in [-0.2, -0.15) is 14.7 Å². The summed E-state index contributed by atoms with van der Waals surface area (Å²) in [5, 5.41) is 11.8. The van der Waals surface area contributed by atoms with Gasteiger partial charge in [0.25, 0.3) is 5.91 Å². The number of ether oxygens (including phenoxy) is 3. The average Bonchev–Trinajstić information content (AvgIpc) is 3.65. The van der Waals surface area contributed by atoms with Crippen molar-refractivity contribution in [3.8, 4) is 16.8 Å². The number of carbonyl (C=O) groups excluding carboxylic acids is 1. The number of aromatic nitrogens is 5. The Morgan fingerprint density at radius 2 is 1.79 bits per heavy atom. The fourth-order valence-electron chi connectivity index (χ4n) is 5.60. The second-order valence-electron chi connectivity index (χ2n) is 10.6. The maximum atomic E-state index is 13.3. The summed E-state index contributed by atoms with van der Waals surface area (Å²) in [5.41, 5.74) is 8.54. The van der Waals surface area contributed by atoms with Crippen molar-refractivity contribution in [1.29, 1.82) is 0 Å². The molecule has 1 aliphatic rings. The van der Waals surface area contributed by atoms with Crippen molar-refractivity contribution in [2.45, 2.75) is 42.1 Å². The van der Waals surface area contributed by atoms with Crippen LogP contribution in [-0.4, -0.2) is 91.1 Å². The van der Waals surface area contributed by atoms with Crippen LogP contribution < -0.4 is 11.1 Å². The van der Waals surface area contributed by atoms with E-state index in [1.54, 1.807) is 31.3 Å². The lowest BCUT2D eigenvalue weighted by molar-refractivity contribution is -0.155. The van der Waals surface area contributed by atoms with Crippen molar-refractivity contribution < 1.29 is 27.4 Å². The fourth-order valence-corrected chi connectivity index (χ4v) is 6.66. The smallest absolute Gasteiger partial charge is 0.252 e. The number of anilines is 1. The molecule has 3 aromatic heterocycles. The molecule has 3 heterocycles. The third kappa shape index (κ3) is 6.27. The summed E-state index contributed by atoms with van der Waals surface area (Å²) < 4.78 is 45.6. The van der Waals surface area contributed by atoms with Crippen LogP contribution in [0.4, 0.5) is 5.82 Å². The number of methoxy groups -OCH3 is 2. The Bertz CT molecular complexity index is 1680. The molecule has 4 aromatic rings. The lowest BCUT2D eigenvalue weighted by Gasteiger charge is -2.39. The van der Waals surface area contributed by atoms with Crippen LogP contribution in [0.3, 0.4) is 0 Å². The molecule has 1 amide bonds. The number of fused-ring (bicyclic) bond motifs is 1. The summed E-state index contributed by atoms with van der Waals surface area (Å²) in [4.78, 5) is 18.1. The van der Waals surface area contributed by atoms with E-state index in [4.69, 9.17) is 24.9 Å². The molecule has 43 heavy (non-hydrogen) atoms. The molecule has 13 nitrogen and oxygen atoms in total. The Labute approximate surface area is 250 Å². The highest BCUT2D eigenvalue weighted by atomic mass is 32.2. The Kier molecular flexibility index (Phi) is 9.11. The first kappa shape index (κ1) is 30.6. The first-order valence-corrected chi connectivity index (χ1v) is 16.0. The maximum Gasteiger partial charge on any atom is 0.252 e. The molecule has 1 fully saturated rings. The number of hydrogen-bond acceptors (Lipinski definition) is 10. The number of para-hydroxylation sites is 1. The van der Waals surface area contributed by atoms with E-state index in [-0.39, 0.29) is 29.1 Å². The molecule has 5 rings (SSSR count). The minimum absolute atomic E-state index is 0.00492. The lowest BCUT2D eigenvalue weighted by Crippen LogP contribution is -2.52. The summed E-state index contributed by atoms with van der Waals surface area (Å²) in [6.45, 7) is 1.32. The summed E-state index contributed by atoms with van der Waals surface area (Å²) >= 11 is 0. The highest BCUT2D eigenvalue weighted by molar-refractivity contribution is 7.91. The number of nitrogens with zero attached hydrogens (tertiary/aromatic N) is 5. The standard InChI is InChI=1S/C29H37N7O6S/c1-40-14-13-31-28(37)29(42-16-15-41-2)11-9-20(10-12-29)24-25(43(3,38)39)26(30)36-27(34-24)23(18-33-36)21-17-32-35(19-21)22-7-5-4-6-8-22/h4-8,17-20H,9-16,30H2,1-3H3,(H,31,37)/t20-,29-. The number of nitrogens with two attached hydrogens (primary N) is 1. The van der Waals surface area contributed by atoms with Gasteiger partial charge in [-0.3, -0.25) is 4.79 Å². The van der Waals surface area contributed by atoms with Crippen LogP contribution in [0.15, 0.2) is 53.8 Å². The molecule has 3 N–H and O–H groups in total. The minimum atomic E-state index is -3.78. The van der Waals surface area contributed by atoms with E-state index in [1.807, 2.05) is 36.5 Å². The number of benzene rings is 1. The molecule has 0 saturated heterocycles. The second kappa shape index (κ2) is 12.8. The van der Waals surface area contributed by atoms with E-state index in [1.165, 1.54) is 4.52 Å². The topological polar surface area (TPSA) is 165 Å². The summed E-state index contributed by atoms with van der Waals surface area (Å²) in [6.07, 6.45) is 7.97. The fraction of sp³-hybridized carbons (Fsp3) is 0.448. The molecule has 1 aromatic carbocycles. The number of rotatable bonds is 12. The molecule has 1 aliphatic carbocycles. The zero-order valence-electron chi connectivity index (χ0n) is 24.5. The predicted octanol–water partition coefficient (Wildman–Crippen LogP) is 2.39. The van der Waals surface area contributed by atoms with Gasteiger partial charge >= 0.3 is 0 Å². The molecule has 0 unspecified atom stereocenters. The Morgan fingerprint density at radius 1 is 1.07 bits per heavy atom. The highest BCUT2D eigenvalue weighted by Crippen LogP contribution is 2.43. The number of sulfone groups is 1. The number of hydrogen-bond donors (Lipinski definition) is 2. The van der Waals surface area contributed by atoms with Crippen molar-refractivity contribution in [2.24, 2.45) is 0 Å². The van der Waals surface area contributed by atoms with Crippen LogP contribution in [0.25, 0.3) is 22.5 Å². The normalized spacial score (nSPS) is 19.1. The molecule has 0 aliphatic heterocycles. The van der Waals surface area contributed by atoms with Crippen LogP contribution in [0, 0.1) is 0 Å². The van der Waals surface area contributed by atoms with E-state index < -0.39 is 15.4 Å². The molecule has 0 bridgehead atoms. The molecule has 1 saturated carbocycles. The van der Waals surface area contributed by atoms with Gasteiger partial charge in [0.15, 0.2) is 15.5 Å². The minimum Gasteiger partial charge on any atom is -0.383 e. The van der Waals surface area contributed by atoms with Crippen LogP contribution in [-0.2, 0) is 28.8 Å². The monoisotopic (exact) mass is 611 g/mol. The molecule has 14 heteroatoms. The molecule has 230 valence electrons. The van der Waals surface area contributed by atoms with Gasteiger partial charge < -0.3 is 25.3 Å². The Hall–Kier alpha value is -3.85. The third-order valence-corrected chi connectivity index (χ3v) is 8.96. The van der Waals surface area contributed by atoms with Crippen LogP contribution in [0.2, 0.25) is 0 Å². The molecular formula is C29H37N7O6S. The summed E-state index contributed by atoms with van der Waals surface area (Å²) in [7, 11) is -0.636. The zero-order valence-corrected chi connectivity index (χ0v) is 25.3. The van der Waals surface area contributed by atoms with Gasteiger partial charge in [0.05, 0.1) is 43.6 Å². The first-order chi connectivity index (χ1) is 20.7. The number of nitrogens with one attached hydrogen (secondary N) is 1. The van der Waals surface area contributed by atoms with E-state index in [9.17, 15) is 13.2 Å². The third-order valence-electron chi connectivity index (χ3n) is 7.80. The summed E-state index contributed by atoms with van der Waals surface area (Å²) in [6, 6.07) is 9.68. The second-order valence-corrected chi connectivity index (χ2v) is 12.6. The van der Waals surface area contributed by atoms with E-state index in [2.05, 4.69) is 15.5 Å². The van der Waals surface area contributed by atoms with Crippen LogP contribution in [0.1, 0.15) is 37.3 Å². The van der Waals surface area contributed by atoms with Crippen LogP contribution in [0.5, 0.6) is 0 Å². The average molecular weight is 612 g/mol. The zero-order chi connectivity index (χ0) is 30.6. The maximum absolute atomic E-state index is 13.3. The van der Waals surface area contributed by atoms with Crippen molar-refractivity contribution in [2.75, 3.05) is 52.6 Å². The van der Waals surface area contributed by atoms with Gasteiger partial charge in [-0.25, -0.2) is 18.1 Å². The molecular weight excluding hydrogens is 574 g/mol. The number of nitrogen functional groups attached to an aromatic ring is 1. The first-order valence-electron chi connectivity index (χ1n) is 14.1. The molecule has 0 atom stereocenters. The van der Waals surface area contributed by atoms with Gasteiger partial charge in [0.2, 0.25) is 0 Å². The van der Waals surface area contributed by atoms with E-state index in [0.717, 1.165) is 17.5 Å². The van der Waals surface area contributed by atoms with Crippen LogP contribution >= 0.6 is 0 Å². The largest absolute Gasteiger partial charge is 0.383 e.